The minimum Gasteiger partial charge on any atom is -0.504 e. The number of hydrogen-bond acceptors (Lipinski definition) is 7. The summed E-state index contributed by atoms with van der Waals surface area (Å²) in [6.45, 7) is -0.398. The van der Waals surface area contributed by atoms with Crippen LogP contribution in [0.25, 0.3) is 6.08 Å². The molecule has 8 nitrogen and oxygen atoms in total. The molecule has 0 atom stereocenters. The molecule has 0 aromatic heterocycles. The molecule has 0 saturated carbocycles. The van der Waals surface area contributed by atoms with Crippen molar-refractivity contribution >= 4 is 63.2 Å². The molecule has 10 heteroatoms. The summed E-state index contributed by atoms with van der Waals surface area (Å²) in [6.07, 6.45) is 1.52. The van der Waals surface area contributed by atoms with E-state index in [0.717, 1.165) is 16.7 Å². The summed E-state index contributed by atoms with van der Waals surface area (Å²) < 4.78 is 10.7. The molecule has 0 bridgehead atoms. The van der Waals surface area contributed by atoms with Crippen molar-refractivity contribution in [2.45, 2.75) is 0 Å². The Hall–Kier alpha value is -2.73. The highest BCUT2D eigenvalue weighted by molar-refractivity contribution is 14.1. The number of carbonyl (C=O) groups excluding carboxylic acids is 3. The molecule has 0 unspecified atom stereocenters. The van der Waals surface area contributed by atoms with Gasteiger partial charge in [-0.2, -0.15) is 0 Å². The number of phenols is 1. The average molecular weight is 540 g/mol. The monoisotopic (exact) mass is 540 g/mol. The summed E-state index contributed by atoms with van der Waals surface area (Å²) in [7, 11) is 2.96. The maximum atomic E-state index is 12.6. The third-order valence-electron chi connectivity index (χ3n) is 4.12. The molecule has 1 aliphatic rings. The summed E-state index contributed by atoms with van der Waals surface area (Å²) in [6, 6.07) is 9.90. The third kappa shape index (κ3) is 4.87. The van der Waals surface area contributed by atoms with E-state index in [1.54, 1.807) is 36.4 Å². The number of ether oxygens (including phenoxy) is 2. The molecular formula is C20H17IN2O6S. The molecule has 0 radical (unpaired) electrons. The number of benzene rings is 2. The highest BCUT2D eigenvalue weighted by Gasteiger charge is 2.36. The van der Waals surface area contributed by atoms with Gasteiger partial charge >= 0.3 is 0 Å². The van der Waals surface area contributed by atoms with E-state index in [-0.39, 0.29) is 16.4 Å². The molecule has 1 saturated heterocycles. The first-order valence-electron chi connectivity index (χ1n) is 8.58. The Kier molecular flexibility index (Phi) is 6.87. The fraction of sp³-hybridized carbons (Fsp3) is 0.150. The Morgan fingerprint density at radius 1 is 1.20 bits per heavy atom. The predicted octanol–water partition coefficient (Wildman–Crippen LogP) is 3.69. The van der Waals surface area contributed by atoms with Crippen molar-refractivity contribution in [2.24, 2.45) is 0 Å². The predicted molar refractivity (Wildman–Crippen MR) is 122 cm³/mol. The zero-order chi connectivity index (χ0) is 21.8. The number of anilines is 1. The van der Waals surface area contributed by atoms with E-state index in [4.69, 9.17) is 9.47 Å². The molecule has 2 N–H and O–H groups in total. The summed E-state index contributed by atoms with van der Waals surface area (Å²) in [4.78, 5) is 38.3. The number of halogens is 1. The highest BCUT2D eigenvalue weighted by atomic mass is 127. The van der Waals surface area contributed by atoms with Gasteiger partial charge in [0.2, 0.25) is 5.91 Å². The number of carbonyl (C=O) groups is 3. The standard InChI is InChI=1S/C20H17IN2O6S/c1-28-13-5-3-12(4-6-13)22-17(24)10-23-19(26)16(30-20(23)27)9-11-7-14(21)18(25)15(8-11)29-2/h3-9,25H,10H2,1-2H3,(H,22,24)/b16-9+. The Labute approximate surface area is 190 Å². The lowest BCUT2D eigenvalue weighted by Gasteiger charge is -2.12. The smallest absolute Gasteiger partial charge is 0.294 e. The minimum absolute atomic E-state index is 0.00134. The molecule has 3 rings (SSSR count). The normalized spacial score (nSPS) is 14.9. The number of phenolic OH excluding ortho intramolecular Hbond substituents is 1. The number of nitrogens with zero attached hydrogens (tertiary/aromatic N) is 1. The second-order valence-corrected chi connectivity index (χ2v) is 8.25. The van der Waals surface area contributed by atoms with Crippen LogP contribution in [0.3, 0.4) is 0 Å². The number of hydrogen-bond donors (Lipinski definition) is 2. The van der Waals surface area contributed by atoms with Gasteiger partial charge in [-0.15, -0.1) is 0 Å². The maximum Gasteiger partial charge on any atom is 0.294 e. The van der Waals surface area contributed by atoms with Gasteiger partial charge in [-0.1, -0.05) is 0 Å². The molecule has 0 spiro atoms. The van der Waals surface area contributed by atoms with Crippen molar-refractivity contribution in [2.75, 3.05) is 26.1 Å². The fourth-order valence-electron chi connectivity index (χ4n) is 2.64. The minimum atomic E-state index is -0.558. The van der Waals surface area contributed by atoms with Crippen LogP contribution in [-0.2, 0) is 9.59 Å². The first-order chi connectivity index (χ1) is 14.3. The first kappa shape index (κ1) is 22.0. The Balaban J connectivity index is 1.72. The van der Waals surface area contributed by atoms with Gasteiger partial charge in [-0.05, 0) is 82.4 Å². The second-order valence-electron chi connectivity index (χ2n) is 6.10. The molecule has 30 heavy (non-hydrogen) atoms. The summed E-state index contributed by atoms with van der Waals surface area (Å²) in [5.74, 6) is -0.157. The summed E-state index contributed by atoms with van der Waals surface area (Å²) >= 11 is 2.69. The molecule has 2 aromatic rings. The van der Waals surface area contributed by atoms with Crippen LogP contribution in [0, 0.1) is 3.57 Å². The van der Waals surface area contributed by atoms with Crippen LogP contribution in [0.4, 0.5) is 10.5 Å². The van der Waals surface area contributed by atoms with E-state index in [0.29, 0.717) is 20.6 Å². The second kappa shape index (κ2) is 9.39. The van der Waals surface area contributed by atoms with Crippen molar-refractivity contribution in [3.8, 4) is 17.2 Å². The largest absolute Gasteiger partial charge is 0.504 e. The van der Waals surface area contributed by atoms with E-state index in [9.17, 15) is 19.5 Å². The van der Waals surface area contributed by atoms with Gasteiger partial charge in [0, 0.05) is 5.69 Å². The number of thioether (sulfide) groups is 1. The highest BCUT2D eigenvalue weighted by Crippen LogP contribution is 2.36. The van der Waals surface area contributed by atoms with Crippen molar-refractivity contribution in [1.82, 2.24) is 4.90 Å². The van der Waals surface area contributed by atoms with Gasteiger partial charge in [0.05, 0.1) is 22.7 Å². The zero-order valence-corrected chi connectivity index (χ0v) is 18.9. The van der Waals surface area contributed by atoms with E-state index < -0.39 is 23.6 Å². The van der Waals surface area contributed by atoms with E-state index >= 15 is 0 Å². The lowest BCUT2D eigenvalue weighted by molar-refractivity contribution is -0.127. The Bertz CT molecular complexity index is 1040. The third-order valence-corrected chi connectivity index (χ3v) is 5.85. The van der Waals surface area contributed by atoms with Gasteiger partial charge in [0.15, 0.2) is 11.5 Å². The molecule has 156 valence electrons. The van der Waals surface area contributed by atoms with Crippen LogP contribution >= 0.6 is 34.4 Å². The molecule has 1 fully saturated rings. The number of methoxy groups -OCH3 is 2. The molecule has 3 amide bonds. The lowest BCUT2D eigenvalue weighted by atomic mass is 10.2. The van der Waals surface area contributed by atoms with E-state index in [1.807, 2.05) is 22.6 Å². The van der Waals surface area contributed by atoms with E-state index in [1.165, 1.54) is 20.3 Å². The van der Waals surface area contributed by atoms with Crippen LogP contribution in [0.2, 0.25) is 0 Å². The fourth-order valence-corrected chi connectivity index (χ4v) is 4.10. The van der Waals surface area contributed by atoms with Crippen LogP contribution in [0.5, 0.6) is 17.2 Å². The molecule has 2 aromatic carbocycles. The Morgan fingerprint density at radius 2 is 1.90 bits per heavy atom. The van der Waals surface area contributed by atoms with Crippen molar-refractivity contribution < 1.29 is 29.0 Å². The molecule has 0 aliphatic carbocycles. The van der Waals surface area contributed by atoms with Gasteiger partial charge in [0.25, 0.3) is 11.1 Å². The lowest BCUT2D eigenvalue weighted by Crippen LogP contribution is -2.36. The SMILES string of the molecule is COc1ccc(NC(=O)CN2C(=O)S/C(=C/c3cc(I)c(O)c(OC)c3)C2=O)cc1. The van der Waals surface area contributed by atoms with Crippen LogP contribution in [-0.4, -0.2) is 47.8 Å². The number of nitrogens with one attached hydrogen (secondary N) is 1. The zero-order valence-electron chi connectivity index (χ0n) is 16.0. The van der Waals surface area contributed by atoms with E-state index in [2.05, 4.69) is 5.32 Å². The molecule has 1 aliphatic heterocycles. The number of imide groups is 1. The number of amides is 3. The summed E-state index contributed by atoms with van der Waals surface area (Å²) in [5.41, 5.74) is 1.11. The summed E-state index contributed by atoms with van der Waals surface area (Å²) in [5, 5.41) is 12.0. The van der Waals surface area contributed by atoms with Crippen molar-refractivity contribution in [3.63, 3.8) is 0 Å². The molecular weight excluding hydrogens is 523 g/mol. The Morgan fingerprint density at radius 3 is 2.53 bits per heavy atom. The van der Waals surface area contributed by atoms with Gasteiger partial charge < -0.3 is 19.9 Å². The number of aromatic hydroxyl groups is 1. The quantitative estimate of drug-likeness (QED) is 0.426. The van der Waals surface area contributed by atoms with Crippen molar-refractivity contribution in [3.05, 3.63) is 50.4 Å². The van der Waals surface area contributed by atoms with Gasteiger partial charge in [0.1, 0.15) is 12.3 Å². The van der Waals surface area contributed by atoms with Crippen LogP contribution in [0.1, 0.15) is 5.56 Å². The van der Waals surface area contributed by atoms with Crippen LogP contribution in [0.15, 0.2) is 41.3 Å². The van der Waals surface area contributed by atoms with Crippen molar-refractivity contribution in [1.29, 1.82) is 0 Å². The topological polar surface area (TPSA) is 105 Å². The first-order valence-corrected chi connectivity index (χ1v) is 10.5. The average Bonchev–Trinajstić information content (AvgIpc) is 2.98. The van der Waals surface area contributed by atoms with Gasteiger partial charge in [-0.3, -0.25) is 19.3 Å². The number of rotatable bonds is 6. The van der Waals surface area contributed by atoms with Crippen LogP contribution < -0.4 is 14.8 Å². The maximum absolute atomic E-state index is 12.6. The van der Waals surface area contributed by atoms with Gasteiger partial charge in [-0.25, -0.2) is 0 Å². The molecule has 1 heterocycles.